The Balaban J connectivity index is 1.83. The van der Waals surface area contributed by atoms with Crippen LogP contribution in [0.2, 0.25) is 0 Å². The zero-order valence-corrected chi connectivity index (χ0v) is 19.0. The topological polar surface area (TPSA) is 118 Å². The van der Waals surface area contributed by atoms with Gasteiger partial charge in [0.2, 0.25) is 0 Å². The summed E-state index contributed by atoms with van der Waals surface area (Å²) in [7, 11) is 1.49. The average molecular weight is 504 g/mol. The standard InChI is InChI=1S/C21H18BrN3O5S/c1-11-7-8-14(13(9-11)18(28)12-5-3-4-6-16(12)30-2)23-20(29)25-21-24-15(10-17(26)27)19(22)31-21/h3-9H,10H2,1-2H3,(H,26,27)(H2,23,24,25,29). The number of hydrogen-bond acceptors (Lipinski definition) is 6. The minimum Gasteiger partial charge on any atom is -0.496 e. The fraction of sp³-hybridized carbons (Fsp3) is 0.143. The van der Waals surface area contributed by atoms with Crippen molar-refractivity contribution >= 4 is 55.9 Å². The highest BCUT2D eigenvalue weighted by atomic mass is 79.9. The van der Waals surface area contributed by atoms with Crippen LogP contribution in [0.1, 0.15) is 27.2 Å². The number of nitrogens with one attached hydrogen (secondary N) is 2. The molecule has 0 saturated carbocycles. The Morgan fingerprint density at radius 2 is 1.87 bits per heavy atom. The molecule has 0 radical (unpaired) electrons. The van der Waals surface area contributed by atoms with Crippen LogP contribution in [0, 0.1) is 6.92 Å². The van der Waals surface area contributed by atoms with Gasteiger partial charge in [0.05, 0.1) is 34.3 Å². The molecule has 0 unspecified atom stereocenters. The number of ketones is 1. The summed E-state index contributed by atoms with van der Waals surface area (Å²) >= 11 is 4.34. The number of hydrogen-bond donors (Lipinski definition) is 3. The van der Waals surface area contributed by atoms with Gasteiger partial charge in [0, 0.05) is 5.56 Å². The smallest absolute Gasteiger partial charge is 0.325 e. The number of aromatic nitrogens is 1. The Hall–Kier alpha value is -3.24. The predicted molar refractivity (Wildman–Crippen MR) is 121 cm³/mol. The van der Waals surface area contributed by atoms with Gasteiger partial charge in [-0.05, 0) is 47.1 Å². The second-order valence-corrected chi connectivity index (χ2v) is 8.78. The molecule has 0 aliphatic rings. The van der Waals surface area contributed by atoms with Crippen LogP contribution in [-0.4, -0.2) is 35.0 Å². The number of carbonyl (C=O) groups excluding carboxylic acids is 2. The van der Waals surface area contributed by atoms with Gasteiger partial charge < -0.3 is 15.2 Å². The molecule has 0 bridgehead atoms. The second-order valence-electron chi connectivity index (χ2n) is 6.47. The van der Waals surface area contributed by atoms with Crippen molar-refractivity contribution in [1.29, 1.82) is 0 Å². The minimum absolute atomic E-state index is 0.227. The van der Waals surface area contributed by atoms with Crippen molar-refractivity contribution in [1.82, 2.24) is 4.98 Å². The van der Waals surface area contributed by atoms with Crippen molar-refractivity contribution in [2.24, 2.45) is 0 Å². The van der Waals surface area contributed by atoms with Gasteiger partial charge in [-0.1, -0.05) is 35.1 Å². The SMILES string of the molecule is COc1ccccc1C(=O)c1cc(C)ccc1NC(=O)Nc1nc(CC(=O)O)c(Br)s1. The molecule has 1 aromatic heterocycles. The van der Waals surface area contributed by atoms with E-state index < -0.39 is 12.0 Å². The Labute approximate surface area is 190 Å². The summed E-state index contributed by atoms with van der Waals surface area (Å²) in [6, 6.07) is 11.4. The van der Waals surface area contributed by atoms with E-state index in [0.717, 1.165) is 16.9 Å². The number of carboxylic acid groups (broad SMARTS) is 1. The van der Waals surface area contributed by atoms with E-state index in [4.69, 9.17) is 9.84 Å². The number of methoxy groups -OCH3 is 1. The predicted octanol–water partition coefficient (Wildman–Crippen LogP) is 4.72. The molecular weight excluding hydrogens is 486 g/mol. The molecule has 0 atom stereocenters. The van der Waals surface area contributed by atoms with E-state index in [1.54, 1.807) is 42.5 Å². The average Bonchev–Trinajstić information content (AvgIpc) is 3.06. The summed E-state index contributed by atoms with van der Waals surface area (Å²) in [5.74, 6) is -0.888. The lowest BCUT2D eigenvalue weighted by atomic mass is 9.99. The lowest BCUT2D eigenvalue weighted by molar-refractivity contribution is -0.136. The van der Waals surface area contributed by atoms with Crippen LogP contribution in [0.4, 0.5) is 15.6 Å². The molecule has 2 amide bonds. The second kappa shape index (κ2) is 9.71. The van der Waals surface area contributed by atoms with Gasteiger partial charge in [-0.2, -0.15) is 0 Å². The molecule has 3 N–H and O–H groups in total. The number of benzene rings is 2. The third kappa shape index (κ3) is 5.47. The summed E-state index contributed by atoms with van der Waals surface area (Å²) < 4.78 is 5.81. The molecule has 160 valence electrons. The highest BCUT2D eigenvalue weighted by Gasteiger charge is 2.20. The number of rotatable bonds is 7. The van der Waals surface area contributed by atoms with Crippen molar-refractivity contribution in [2.45, 2.75) is 13.3 Å². The first-order valence-electron chi connectivity index (χ1n) is 9.02. The molecule has 3 rings (SSSR count). The number of anilines is 2. The minimum atomic E-state index is -1.03. The van der Waals surface area contributed by atoms with Gasteiger partial charge in [0.25, 0.3) is 0 Å². The Morgan fingerprint density at radius 1 is 1.13 bits per heavy atom. The van der Waals surface area contributed by atoms with Crippen molar-refractivity contribution in [3.05, 3.63) is 68.6 Å². The fourth-order valence-corrected chi connectivity index (χ4v) is 4.22. The summed E-state index contributed by atoms with van der Waals surface area (Å²) in [5.41, 5.74) is 2.18. The lowest BCUT2D eigenvalue weighted by Crippen LogP contribution is -2.21. The van der Waals surface area contributed by atoms with Gasteiger partial charge >= 0.3 is 12.0 Å². The van der Waals surface area contributed by atoms with Gasteiger partial charge in [0.15, 0.2) is 10.9 Å². The highest BCUT2D eigenvalue weighted by Crippen LogP contribution is 2.30. The van der Waals surface area contributed by atoms with E-state index in [0.29, 0.717) is 32.0 Å². The van der Waals surface area contributed by atoms with Crippen molar-refractivity contribution in [3.63, 3.8) is 0 Å². The summed E-state index contributed by atoms with van der Waals surface area (Å²) in [6.45, 7) is 1.85. The zero-order valence-electron chi connectivity index (χ0n) is 16.6. The van der Waals surface area contributed by atoms with E-state index >= 15 is 0 Å². The number of ether oxygens (including phenoxy) is 1. The molecule has 0 fully saturated rings. The molecule has 31 heavy (non-hydrogen) atoms. The number of thiazole rings is 1. The van der Waals surface area contributed by atoms with Gasteiger partial charge in [-0.3, -0.25) is 14.9 Å². The molecule has 1 heterocycles. The molecule has 3 aromatic rings. The largest absolute Gasteiger partial charge is 0.496 e. The molecule has 8 nitrogen and oxygen atoms in total. The molecule has 0 spiro atoms. The van der Waals surface area contributed by atoms with Gasteiger partial charge in [0.1, 0.15) is 5.75 Å². The first-order chi connectivity index (χ1) is 14.8. The van der Waals surface area contributed by atoms with Crippen LogP contribution in [0.5, 0.6) is 5.75 Å². The van der Waals surface area contributed by atoms with E-state index in [-0.39, 0.29) is 17.3 Å². The number of carbonyl (C=O) groups is 3. The monoisotopic (exact) mass is 503 g/mol. The molecular formula is C21H18BrN3O5S. The van der Waals surface area contributed by atoms with E-state index in [9.17, 15) is 14.4 Å². The highest BCUT2D eigenvalue weighted by molar-refractivity contribution is 9.11. The number of carboxylic acids is 1. The van der Waals surface area contributed by atoms with Crippen molar-refractivity contribution in [2.75, 3.05) is 17.7 Å². The molecule has 0 saturated heterocycles. The van der Waals surface area contributed by atoms with Crippen LogP contribution in [-0.2, 0) is 11.2 Å². The third-order valence-corrected chi connectivity index (χ3v) is 5.95. The molecule has 0 aliphatic carbocycles. The Bertz CT molecular complexity index is 1160. The molecule has 10 heteroatoms. The summed E-state index contributed by atoms with van der Waals surface area (Å²) in [5, 5.41) is 14.4. The Kier molecular flexibility index (Phi) is 7.03. The first kappa shape index (κ1) is 22.4. The van der Waals surface area contributed by atoms with Crippen LogP contribution in [0.15, 0.2) is 46.3 Å². The number of amides is 2. The zero-order chi connectivity index (χ0) is 22.5. The maximum absolute atomic E-state index is 13.2. The molecule has 0 aliphatic heterocycles. The van der Waals surface area contributed by atoms with Gasteiger partial charge in [-0.15, -0.1) is 0 Å². The summed E-state index contributed by atoms with van der Waals surface area (Å²) in [4.78, 5) is 40.7. The van der Waals surface area contributed by atoms with Gasteiger partial charge in [-0.25, -0.2) is 9.78 Å². The number of nitrogens with zero attached hydrogens (tertiary/aromatic N) is 1. The van der Waals surface area contributed by atoms with Crippen molar-refractivity contribution in [3.8, 4) is 5.75 Å². The number of aryl methyl sites for hydroxylation is 1. The third-order valence-electron chi connectivity index (χ3n) is 4.21. The van der Waals surface area contributed by atoms with Crippen LogP contribution >= 0.6 is 27.3 Å². The van der Waals surface area contributed by atoms with Crippen LogP contribution < -0.4 is 15.4 Å². The number of para-hydroxylation sites is 1. The van der Waals surface area contributed by atoms with E-state index in [1.165, 1.54) is 7.11 Å². The van der Waals surface area contributed by atoms with Crippen LogP contribution in [0.25, 0.3) is 0 Å². The quantitative estimate of drug-likeness (QED) is 0.401. The summed E-state index contributed by atoms with van der Waals surface area (Å²) in [6.07, 6.45) is -0.268. The first-order valence-corrected chi connectivity index (χ1v) is 10.6. The number of halogens is 1. The normalized spacial score (nSPS) is 10.4. The maximum Gasteiger partial charge on any atom is 0.325 e. The van der Waals surface area contributed by atoms with E-state index in [2.05, 4.69) is 31.5 Å². The van der Waals surface area contributed by atoms with Crippen LogP contribution in [0.3, 0.4) is 0 Å². The lowest BCUT2D eigenvalue weighted by Gasteiger charge is -2.13. The number of aliphatic carboxylic acids is 1. The Morgan fingerprint density at radius 3 is 2.58 bits per heavy atom. The van der Waals surface area contributed by atoms with E-state index in [1.807, 2.05) is 6.92 Å². The molecule has 2 aromatic carbocycles. The maximum atomic E-state index is 13.2. The number of urea groups is 1. The van der Waals surface area contributed by atoms with Crippen molar-refractivity contribution < 1.29 is 24.2 Å². The fourth-order valence-electron chi connectivity index (χ4n) is 2.82.